The number of carbonyl (C=O) groups excluding carboxylic acids is 2. The van der Waals surface area contributed by atoms with Crippen molar-refractivity contribution in [3.05, 3.63) is 54.0 Å². The van der Waals surface area contributed by atoms with Crippen LogP contribution in [0.5, 0.6) is 0 Å². The van der Waals surface area contributed by atoms with Crippen molar-refractivity contribution < 1.29 is 27.2 Å². The SMILES string of the molecule is O=C(Nc1ccccc1C(=O)C(F)(F)F)c1ccco1. The van der Waals surface area contributed by atoms with Crippen LogP contribution in [-0.4, -0.2) is 17.9 Å². The van der Waals surface area contributed by atoms with Crippen LogP contribution in [0.2, 0.25) is 0 Å². The van der Waals surface area contributed by atoms with E-state index in [1.54, 1.807) is 0 Å². The largest absolute Gasteiger partial charge is 0.459 e. The first-order valence-corrected chi connectivity index (χ1v) is 5.45. The lowest BCUT2D eigenvalue weighted by molar-refractivity contribution is -0.0884. The van der Waals surface area contributed by atoms with Crippen molar-refractivity contribution in [2.45, 2.75) is 6.18 Å². The smallest absolute Gasteiger partial charge is 0.454 e. The summed E-state index contributed by atoms with van der Waals surface area (Å²) >= 11 is 0. The molecule has 1 amide bonds. The van der Waals surface area contributed by atoms with Gasteiger partial charge in [0.15, 0.2) is 5.76 Å². The van der Waals surface area contributed by atoms with Gasteiger partial charge in [-0.15, -0.1) is 0 Å². The number of alkyl halides is 3. The molecule has 0 atom stereocenters. The van der Waals surface area contributed by atoms with E-state index in [4.69, 9.17) is 4.42 Å². The molecule has 0 spiro atoms. The average Bonchev–Trinajstić information content (AvgIpc) is 2.91. The van der Waals surface area contributed by atoms with Crippen LogP contribution in [0, 0.1) is 0 Å². The fourth-order valence-electron chi connectivity index (χ4n) is 1.53. The second kappa shape index (κ2) is 5.20. The van der Waals surface area contributed by atoms with Crippen LogP contribution in [0.15, 0.2) is 47.1 Å². The van der Waals surface area contributed by atoms with Crippen molar-refractivity contribution in [3.8, 4) is 0 Å². The zero-order valence-electron chi connectivity index (χ0n) is 9.90. The first-order chi connectivity index (χ1) is 9.39. The highest BCUT2D eigenvalue weighted by atomic mass is 19.4. The molecule has 0 bridgehead atoms. The summed E-state index contributed by atoms with van der Waals surface area (Å²) in [5.74, 6) is -2.83. The minimum atomic E-state index is -5.01. The Kier molecular flexibility index (Phi) is 3.60. The Morgan fingerprint density at radius 2 is 1.75 bits per heavy atom. The molecule has 2 rings (SSSR count). The summed E-state index contributed by atoms with van der Waals surface area (Å²) in [5.41, 5.74) is -0.851. The number of nitrogens with one attached hydrogen (secondary N) is 1. The maximum Gasteiger partial charge on any atom is 0.454 e. The summed E-state index contributed by atoms with van der Waals surface area (Å²) in [6.45, 7) is 0. The van der Waals surface area contributed by atoms with Gasteiger partial charge in [0.2, 0.25) is 0 Å². The van der Waals surface area contributed by atoms with Crippen LogP contribution in [0.3, 0.4) is 0 Å². The summed E-state index contributed by atoms with van der Waals surface area (Å²) in [5, 5.41) is 2.21. The van der Waals surface area contributed by atoms with E-state index in [0.29, 0.717) is 0 Å². The van der Waals surface area contributed by atoms with Gasteiger partial charge in [0.1, 0.15) is 0 Å². The van der Waals surface area contributed by atoms with E-state index >= 15 is 0 Å². The van der Waals surface area contributed by atoms with E-state index in [1.807, 2.05) is 0 Å². The summed E-state index contributed by atoms with van der Waals surface area (Å²) in [7, 11) is 0. The fraction of sp³-hybridized carbons (Fsp3) is 0.0769. The van der Waals surface area contributed by atoms with Gasteiger partial charge in [-0.3, -0.25) is 9.59 Å². The zero-order valence-corrected chi connectivity index (χ0v) is 9.90. The van der Waals surface area contributed by atoms with Crippen molar-refractivity contribution in [1.82, 2.24) is 0 Å². The first-order valence-electron chi connectivity index (χ1n) is 5.45. The Hall–Kier alpha value is -2.57. The number of Topliss-reactive ketones (excluding diaryl/α,β-unsaturated/α-hetero) is 1. The van der Waals surface area contributed by atoms with Crippen LogP contribution in [0.25, 0.3) is 0 Å². The first kappa shape index (κ1) is 13.9. The van der Waals surface area contributed by atoms with Crippen LogP contribution < -0.4 is 5.32 Å². The monoisotopic (exact) mass is 283 g/mol. The van der Waals surface area contributed by atoms with Crippen LogP contribution in [0.1, 0.15) is 20.9 Å². The molecule has 0 unspecified atom stereocenters. The number of anilines is 1. The van der Waals surface area contributed by atoms with Crippen molar-refractivity contribution in [3.63, 3.8) is 0 Å². The van der Waals surface area contributed by atoms with E-state index < -0.39 is 23.4 Å². The highest BCUT2D eigenvalue weighted by molar-refractivity contribution is 6.10. The molecule has 7 heteroatoms. The van der Waals surface area contributed by atoms with Gasteiger partial charge in [-0.2, -0.15) is 13.2 Å². The number of carbonyl (C=O) groups is 2. The fourth-order valence-corrected chi connectivity index (χ4v) is 1.53. The van der Waals surface area contributed by atoms with Gasteiger partial charge in [-0.05, 0) is 24.3 Å². The summed E-state index contributed by atoms with van der Waals surface area (Å²) < 4.78 is 42.2. The molecule has 4 nitrogen and oxygen atoms in total. The highest BCUT2D eigenvalue weighted by Gasteiger charge is 2.40. The van der Waals surface area contributed by atoms with Gasteiger partial charge in [-0.25, -0.2) is 0 Å². The lowest BCUT2D eigenvalue weighted by Gasteiger charge is -2.11. The Morgan fingerprint density at radius 1 is 1.05 bits per heavy atom. The molecule has 1 aromatic carbocycles. The number of furan rings is 1. The number of halogens is 3. The van der Waals surface area contributed by atoms with Crippen molar-refractivity contribution in [2.75, 3.05) is 5.32 Å². The molecular weight excluding hydrogens is 275 g/mol. The van der Waals surface area contributed by atoms with Gasteiger partial charge in [0.05, 0.1) is 17.5 Å². The predicted molar refractivity (Wildman–Crippen MR) is 63.5 cm³/mol. The Morgan fingerprint density at radius 3 is 2.35 bits per heavy atom. The van der Waals surface area contributed by atoms with Crippen molar-refractivity contribution in [2.24, 2.45) is 0 Å². The number of para-hydroxylation sites is 1. The van der Waals surface area contributed by atoms with Crippen LogP contribution in [0.4, 0.5) is 18.9 Å². The Bertz CT molecular complexity index is 633. The van der Waals surface area contributed by atoms with E-state index in [2.05, 4.69) is 5.32 Å². The molecule has 0 fully saturated rings. The molecule has 1 N–H and O–H groups in total. The molecule has 1 aromatic heterocycles. The van der Waals surface area contributed by atoms with Crippen molar-refractivity contribution >= 4 is 17.4 Å². The molecule has 0 aliphatic heterocycles. The molecule has 20 heavy (non-hydrogen) atoms. The lowest BCUT2D eigenvalue weighted by Crippen LogP contribution is -2.24. The van der Waals surface area contributed by atoms with E-state index in [0.717, 1.165) is 6.07 Å². The molecule has 0 saturated heterocycles. The third-order valence-electron chi connectivity index (χ3n) is 2.42. The third kappa shape index (κ3) is 2.87. The second-order valence-corrected chi connectivity index (χ2v) is 3.80. The summed E-state index contributed by atoms with van der Waals surface area (Å²) in [6, 6.07) is 7.70. The standard InChI is InChI=1S/C13H8F3NO3/c14-13(15,16)11(18)8-4-1-2-5-9(8)17-12(19)10-6-3-7-20-10/h1-7H,(H,17,19). The number of rotatable bonds is 3. The van der Waals surface area contributed by atoms with Gasteiger partial charge in [0, 0.05) is 0 Å². The quantitative estimate of drug-likeness (QED) is 0.879. The van der Waals surface area contributed by atoms with E-state index in [1.165, 1.54) is 36.6 Å². The number of hydrogen-bond acceptors (Lipinski definition) is 3. The molecule has 0 saturated carbocycles. The molecule has 0 aliphatic rings. The van der Waals surface area contributed by atoms with E-state index in [9.17, 15) is 22.8 Å². The van der Waals surface area contributed by atoms with Gasteiger partial charge in [-0.1, -0.05) is 12.1 Å². The maximum atomic E-state index is 12.4. The van der Waals surface area contributed by atoms with Gasteiger partial charge < -0.3 is 9.73 Å². The average molecular weight is 283 g/mol. The molecule has 104 valence electrons. The van der Waals surface area contributed by atoms with Gasteiger partial charge in [0.25, 0.3) is 11.7 Å². The minimum absolute atomic E-state index is 0.0701. The second-order valence-electron chi connectivity index (χ2n) is 3.80. The molecule has 0 radical (unpaired) electrons. The van der Waals surface area contributed by atoms with Gasteiger partial charge >= 0.3 is 6.18 Å². The number of benzene rings is 1. The number of hydrogen-bond donors (Lipinski definition) is 1. The lowest BCUT2D eigenvalue weighted by atomic mass is 10.1. The zero-order chi connectivity index (χ0) is 14.8. The molecule has 0 aliphatic carbocycles. The molecule has 2 aromatic rings. The minimum Gasteiger partial charge on any atom is -0.459 e. The normalized spacial score (nSPS) is 11.2. The Labute approximate surface area is 111 Å². The van der Waals surface area contributed by atoms with Crippen molar-refractivity contribution in [1.29, 1.82) is 0 Å². The number of amides is 1. The highest BCUT2D eigenvalue weighted by Crippen LogP contribution is 2.26. The molecule has 1 heterocycles. The predicted octanol–water partition coefficient (Wildman–Crippen LogP) is 3.28. The van der Waals surface area contributed by atoms with E-state index in [-0.39, 0.29) is 11.4 Å². The summed E-state index contributed by atoms with van der Waals surface area (Å²) in [6.07, 6.45) is -3.76. The Balaban J connectivity index is 2.29. The van der Waals surface area contributed by atoms with Crippen LogP contribution in [-0.2, 0) is 0 Å². The maximum absolute atomic E-state index is 12.4. The summed E-state index contributed by atoms with van der Waals surface area (Å²) in [4.78, 5) is 23.0. The number of ketones is 1. The van der Waals surface area contributed by atoms with Crippen LogP contribution >= 0.6 is 0 Å². The molecular formula is C13H8F3NO3. The topological polar surface area (TPSA) is 59.3 Å². The third-order valence-corrected chi connectivity index (χ3v) is 2.42.